The Hall–Kier alpha value is -2.78. The standard InChI is InChI=1S/C25H26Cl2N2O5S/c1-16(18-9-12-22(33-2)23(14-18)34-3)28-25(30)21(13-17-7-5-4-6-8-17)29-35(31,32)24-15-19(26)10-11-20(24)27/h4-12,14-16,21,29H,13H2,1-3H3,(H,28,30)/t16-,21-/m1/s1. The third-order valence-corrected chi connectivity index (χ3v) is 7.53. The number of nitrogens with one attached hydrogen (secondary N) is 2. The van der Waals surface area contributed by atoms with E-state index < -0.39 is 28.0 Å². The molecule has 0 aliphatic rings. The van der Waals surface area contributed by atoms with Gasteiger partial charge in [0.05, 0.1) is 25.3 Å². The maximum atomic E-state index is 13.3. The number of hydrogen-bond acceptors (Lipinski definition) is 5. The van der Waals surface area contributed by atoms with Gasteiger partial charge in [-0.05, 0) is 54.8 Å². The molecule has 0 unspecified atom stereocenters. The normalized spacial score (nSPS) is 13.1. The molecule has 35 heavy (non-hydrogen) atoms. The molecule has 0 aliphatic carbocycles. The predicted molar refractivity (Wildman–Crippen MR) is 137 cm³/mol. The Morgan fingerprint density at radius 1 is 0.943 bits per heavy atom. The van der Waals surface area contributed by atoms with Gasteiger partial charge in [-0.1, -0.05) is 59.6 Å². The number of amides is 1. The van der Waals surface area contributed by atoms with Gasteiger partial charge in [-0.15, -0.1) is 0 Å². The van der Waals surface area contributed by atoms with Crippen LogP contribution in [0.5, 0.6) is 11.5 Å². The van der Waals surface area contributed by atoms with Crippen molar-refractivity contribution in [1.29, 1.82) is 0 Å². The van der Waals surface area contributed by atoms with Crippen molar-refractivity contribution < 1.29 is 22.7 Å². The van der Waals surface area contributed by atoms with Crippen LogP contribution in [0.1, 0.15) is 24.1 Å². The monoisotopic (exact) mass is 536 g/mol. The van der Waals surface area contributed by atoms with Gasteiger partial charge in [0, 0.05) is 5.02 Å². The fourth-order valence-electron chi connectivity index (χ4n) is 3.49. The number of carbonyl (C=O) groups is 1. The quantitative estimate of drug-likeness (QED) is 0.389. The van der Waals surface area contributed by atoms with Crippen LogP contribution in [0, 0.1) is 0 Å². The fraction of sp³-hybridized carbons (Fsp3) is 0.240. The van der Waals surface area contributed by atoms with Gasteiger partial charge in [0.25, 0.3) is 0 Å². The van der Waals surface area contributed by atoms with E-state index in [1.54, 1.807) is 25.1 Å². The number of ether oxygens (including phenoxy) is 2. The van der Waals surface area contributed by atoms with Crippen LogP contribution in [0.2, 0.25) is 10.0 Å². The summed E-state index contributed by atoms with van der Waals surface area (Å²) in [6.07, 6.45) is 0.128. The Bertz CT molecular complexity index is 1290. The number of carbonyl (C=O) groups excluding carboxylic acids is 1. The molecule has 0 saturated heterocycles. The van der Waals surface area contributed by atoms with E-state index in [4.69, 9.17) is 32.7 Å². The molecule has 0 heterocycles. The van der Waals surface area contributed by atoms with Gasteiger partial charge in [0.2, 0.25) is 15.9 Å². The van der Waals surface area contributed by atoms with Gasteiger partial charge >= 0.3 is 0 Å². The first-order valence-electron chi connectivity index (χ1n) is 10.7. The van der Waals surface area contributed by atoms with Crippen LogP contribution in [0.3, 0.4) is 0 Å². The Morgan fingerprint density at radius 2 is 1.63 bits per heavy atom. The van der Waals surface area contributed by atoms with Crippen molar-refractivity contribution >= 4 is 39.1 Å². The van der Waals surface area contributed by atoms with E-state index in [9.17, 15) is 13.2 Å². The van der Waals surface area contributed by atoms with Crippen LogP contribution in [0.4, 0.5) is 0 Å². The van der Waals surface area contributed by atoms with E-state index in [0.717, 1.165) is 11.1 Å². The summed E-state index contributed by atoms with van der Waals surface area (Å²) >= 11 is 12.1. The first kappa shape index (κ1) is 26.8. The van der Waals surface area contributed by atoms with Gasteiger partial charge in [-0.25, -0.2) is 8.42 Å². The fourth-order valence-corrected chi connectivity index (χ4v) is 5.45. The summed E-state index contributed by atoms with van der Waals surface area (Å²) in [4.78, 5) is 13.1. The van der Waals surface area contributed by atoms with Gasteiger partial charge in [0.1, 0.15) is 10.9 Å². The van der Waals surface area contributed by atoms with Crippen LogP contribution >= 0.6 is 23.2 Å². The van der Waals surface area contributed by atoms with E-state index in [0.29, 0.717) is 11.5 Å². The molecule has 10 heteroatoms. The lowest BCUT2D eigenvalue weighted by molar-refractivity contribution is -0.123. The molecule has 3 rings (SSSR count). The summed E-state index contributed by atoms with van der Waals surface area (Å²) in [7, 11) is -1.10. The molecule has 0 radical (unpaired) electrons. The highest BCUT2D eigenvalue weighted by Crippen LogP contribution is 2.30. The summed E-state index contributed by atoms with van der Waals surface area (Å²) in [6.45, 7) is 1.79. The minimum atomic E-state index is -4.16. The van der Waals surface area contributed by atoms with E-state index >= 15 is 0 Å². The third kappa shape index (κ3) is 6.89. The molecule has 0 spiro atoms. The van der Waals surface area contributed by atoms with Gasteiger partial charge < -0.3 is 14.8 Å². The van der Waals surface area contributed by atoms with Crippen molar-refractivity contribution in [3.63, 3.8) is 0 Å². The molecule has 0 saturated carbocycles. The Kier molecular flexibility index (Phi) is 9.02. The van der Waals surface area contributed by atoms with Crippen molar-refractivity contribution in [2.75, 3.05) is 14.2 Å². The Morgan fingerprint density at radius 3 is 2.29 bits per heavy atom. The van der Waals surface area contributed by atoms with Crippen LogP contribution in [0.15, 0.2) is 71.6 Å². The zero-order valence-electron chi connectivity index (χ0n) is 19.4. The zero-order chi connectivity index (χ0) is 25.6. The minimum absolute atomic E-state index is 0.000495. The molecule has 0 fully saturated rings. The van der Waals surface area contributed by atoms with E-state index in [1.165, 1.54) is 32.4 Å². The van der Waals surface area contributed by atoms with Crippen molar-refractivity contribution in [2.45, 2.75) is 30.3 Å². The molecule has 0 aliphatic heterocycles. The first-order chi connectivity index (χ1) is 16.6. The van der Waals surface area contributed by atoms with E-state index in [1.807, 2.05) is 30.3 Å². The molecule has 0 aromatic heterocycles. The van der Waals surface area contributed by atoms with Crippen molar-refractivity contribution in [3.05, 3.63) is 87.9 Å². The van der Waals surface area contributed by atoms with Crippen LogP contribution in [0.25, 0.3) is 0 Å². The molecule has 1 amide bonds. The SMILES string of the molecule is COc1ccc([C@@H](C)NC(=O)[C@@H](Cc2ccccc2)NS(=O)(=O)c2cc(Cl)ccc2Cl)cc1OC. The highest BCUT2D eigenvalue weighted by molar-refractivity contribution is 7.89. The number of halogens is 2. The molecule has 2 atom stereocenters. The third-order valence-electron chi connectivity index (χ3n) is 5.35. The van der Waals surface area contributed by atoms with E-state index in [-0.39, 0.29) is 21.4 Å². The van der Waals surface area contributed by atoms with Crippen LogP contribution in [-0.2, 0) is 21.2 Å². The summed E-state index contributed by atoms with van der Waals surface area (Å²) in [5.41, 5.74) is 1.54. The summed E-state index contributed by atoms with van der Waals surface area (Å²) in [5.74, 6) is 0.573. The van der Waals surface area contributed by atoms with Crippen molar-refractivity contribution in [2.24, 2.45) is 0 Å². The average Bonchev–Trinajstić information content (AvgIpc) is 2.85. The van der Waals surface area contributed by atoms with Gasteiger partial charge in [-0.2, -0.15) is 4.72 Å². The Balaban J connectivity index is 1.87. The van der Waals surface area contributed by atoms with Crippen LogP contribution < -0.4 is 19.5 Å². The summed E-state index contributed by atoms with van der Waals surface area (Å²) < 4.78 is 39.4. The lowest BCUT2D eigenvalue weighted by atomic mass is 10.0. The first-order valence-corrected chi connectivity index (χ1v) is 12.9. The molecule has 3 aromatic rings. The van der Waals surface area contributed by atoms with Crippen molar-refractivity contribution in [1.82, 2.24) is 10.0 Å². The summed E-state index contributed by atoms with van der Waals surface area (Å²) in [6, 6.07) is 17.0. The maximum absolute atomic E-state index is 13.3. The molecule has 186 valence electrons. The highest BCUT2D eigenvalue weighted by Gasteiger charge is 2.29. The molecule has 2 N–H and O–H groups in total. The maximum Gasteiger partial charge on any atom is 0.242 e. The lowest BCUT2D eigenvalue weighted by Crippen LogP contribution is -2.48. The Labute approximate surface area is 215 Å². The molecular formula is C25H26Cl2N2O5S. The molecule has 0 bridgehead atoms. The highest BCUT2D eigenvalue weighted by atomic mass is 35.5. The van der Waals surface area contributed by atoms with Crippen molar-refractivity contribution in [3.8, 4) is 11.5 Å². The zero-order valence-corrected chi connectivity index (χ0v) is 21.7. The number of sulfonamides is 1. The number of rotatable bonds is 10. The predicted octanol–water partition coefficient (Wildman–Crippen LogP) is 4.78. The molecule has 3 aromatic carbocycles. The van der Waals surface area contributed by atoms with Gasteiger partial charge in [-0.3, -0.25) is 4.79 Å². The van der Waals surface area contributed by atoms with Gasteiger partial charge in [0.15, 0.2) is 11.5 Å². The topological polar surface area (TPSA) is 93.7 Å². The molecule has 7 nitrogen and oxygen atoms in total. The lowest BCUT2D eigenvalue weighted by Gasteiger charge is -2.22. The van der Waals surface area contributed by atoms with Crippen LogP contribution in [-0.4, -0.2) is 34.6 Å². The minimum Gasteiger partial charge on any atom is -0.493 e. The summed E-state index contributed by atoms with van der Waals surface area (Å²) in [5, 5.41) is 3.09. The second-order valence-electron chi connectivity index (χ2n) is 7.78. The smallest absolute Gasteiger partial charge is 0.242 e. The number of benzene rings is 3. The number of hydrogen-bond donors (Lipinski definition) is 2. The average molecular weight is 537 g/mol. The van der Waals surface area contributed by atoms with E-state index in [2.05, 4.69) is 10.0 Å². The second kappa shape index (κ2) is 11.8. The second-order valence-corrected chi connectivity index (χ2v) is 10.3. The number of methoxy groups -OCH3 is 2. The molecular weight excluding hydrogens is 511 g/mol. The largest absolute Gasteiger partial charge is 0.493 e.